The number of nitrogens with one attached hydrogen (secondary N) is 1. The van der Waals surface area contributed by atoms with Crippen molar-refractivity contribution in [3.63, 3.8) is 0 Å². The van der Waals surface area contributed by atoms with Gasteiger partial charge in [0, 0.05) is 19.2 Å². The number of fused-ring (bicyclic) bond motifs is 3. The van der Waals surface area contributed by atoms with Gasteiger partial charge in [0.1, 0.15) is 12.4 Å². The van der Waals surface area contributed by atoms with Crippen LogP contribution < -0.4 is 16.0 Å². The fourth-order valence-corrected chi connectivity index (χ4v) is 4.07. The highest BCUT2D eigenvalue weighted by Crippen LogP contribution is 2.26. The van der Waals surface area contributed by atoms with Crippen LogP contribution in [-0.4, -0.2) is 28.7 Å². The zero-order chi connectivity index (χ0) is 23.8. The number of hydrogen-bond donors (Lipinski definition) is 1. The van der Waals surface area contributed by atoms with E-state index in [0.717, 1.165) is 23.3 Å². The van der Waals surface area contributed by atoms with Crippen LogP contribution in [0.3, 0.4) is 0 Å². The summed E-state index contributed by atoms with van der Waals surface area (Å²) in [5.41, 5.74) is 1.86. The summed E-state index contributed by atoms with van der Waals surface area (Å²) in [4.78, 5) is 27.6. The first kappa shape index (κ1) is 21.7. The lowest BCUT2D eigenvalue weighted by molar-refractivity contribution is 0.306. The minimum Gasteiger partial charge on any atom is -0.489 e. The molecule has 0 aliphatic rings. The van der Waals surface area contributed by atoms with Crippen molar-refractivity contribution >= 4 is 16.9 Å². The highest BCUT2D eigenvalue weighted by atomic mass is 16.5. The third kappa shape index (κ3) is 3.79. The molecule has 0 saturated heterocycles. The molecule has 0 bridgehead atoms. The molecule has 0 amide bonds. The zero-order valence-corrected chi connectivity index (χ0v) is 19.4. The van der Waals surface area contributed by atoms with Crippen LogP contribution >= 0.6 is 0 Å². The van der Waals surface area contributed by atoms with Crippen LogP contribution in [0.15, 0.2) is 64.2 Å². The Balaban J connectivity index is 1.58. The molecule has 0 spiro atoms. The zero-order valence-electron chi connectivity index (χ0n) is 19.4. The van der Waals surface area contributed by atoms with E-state index in [1.165, 1.54) is 4.57 Å². The van der Waals surface area contributed by atoms with E-state index in [9.17, 15) is 9.59 Å². The van der Waals surface area contributed by atoms with E-state index < -0.39 is 11.2 Å². The maximum absolute atomic E-state index is 12.8. The van der Waals surface area contributed by atoms with Crippen LogP contribution in [0.1, 0.15) is 25.8 Å². The van der Waals surface area contributed by atoms with Gasteiger partial charge < -0.3 is 9.30 Å². The van der Waals surface area contributed by atoms with Gasteiger partial charge in [-0.05, 0) is 42.2 Å². The molecule has 5 rings (SSSR count). The second kappa shape index (κ2) is 8.66. The highest BCUT2D eigenvalue weighted by Gasteiger charge is 2.22. The Morgan fingerprint density at radius 1 is 1.00 bits per heavy atom. The van der Waals surface area contributed by atoms with Crippen molar-refractivity contribution in [3.8, 4) is 17.1 Å². The summed E-state index contributed by atoms with van der Waals surface area (Å²) in [6, 6.07) is 17.5. The molecule has 0 fully saturated rings. The summed E-state index contributed by atoms with van der Waals surface area (Å²) in [5.74, 6) is 2.26. The van der Waals surface area contributed by atoms with Gasteiger partial charge in [-0.2, -0.15) is 0 Å². The van der Waals surface area contributed by atoms with Gasteiger partial charge in [0.2, 0.25) is 5.78 Å². The predicted molar refractivity (Wildman–Crippen MR) is 130 cm³/mol. The maximum Gasteiger partial charge on any atom is 0.329 e. The number of aryl methyl sites for hydroxylation is 2. The van der Waals surface area contributed by atoms with Crippen molar-refractivity contribution < 1.29 is 4.74 Å². The van der Waals surface area contributed by atoms with Crippen LogP contribution in [0.4, 0.5) is 0 Å². The summed E-state index contributed by atoms with van der Waals surface area (Å²) < 4.78 is 11.0. The number of imidazole rings is 1. The Labute approximate surface area is 195 Å². The summed E-state index contributed by atoms with van der Waals surface area (Å²) in [5, 5.41) is 8.81. The van der Waals surface area contributed by atoms with Crippen LogP contribution in [-0.2, 0) is 20.2 Å². The molecular formula is C25H26N6O3. The molecule has 5 aromatic rings. The molecule has 3 heterocycles. The van der Waals surface area contributed by atoms with E-state index in [1.807, 2.05) is 59.2 Å². The summed E-state index contributed by atoms with van der Waals surface area (Å²) >= 11 is 0. The van der Waals surface area contributed by atoms with E-state index in [-0.39, 0.29) is 0 Å². The summed E-state index contributed by atoms with van der Waals surface area (Å²) in [6.45, 7) is 5.32. The van der Waals surface area contributed by atoms with Gasteiger partial charge in [0.25, 0.3) is 5.56 Å². The minimum atomic E-state index is -0.482. The largest absolute Gasteiger partial charge is 0.489 e. The number of aromatic amines is 1. The molecule has 9 heteroatoms. The number of benzene rings is 2. The van der Waals surface area contributed by atoms with Crippen LogP contribution in [0.2, 0.25) is 0 Å². The van der Waals surface area contributed by atoms with Gasteiger partial charge in [0.15, 0.2) is 17.0 Å². The minimum absolute atomic E-state index is 0.414. The molecule has 1 N–H and O–H groups in total. The van der Waals surface area contributed by atoms with Gasteiger partial charge in [-0.25, -0.2) is 9.20 Å². The summed E-state index contributed by atoms with van der Waals surface area (Å²) in [7, 11) is 1.64. The SMILES string of the molecule is CC(C)CCn1c2c(=O)[nH]c(=O)n(C)c2n2c(-c3ccc(OCc4ccccc4)cc3)nnc12. The van der Waals surface area contributed by atoms with E-state index in [1.54, 1.807) is 11.4 Å². The first-order valence-corrected chi connectivity index (χ1v) is 11.3. The normalized spacial score (nSPS) is 11.6. The fourth-order valence-electron chi connectivity index (χ4n) is 4.07. The average Bonchev–Trinajstić information content (AvgIpc) is 3.40. The van der Waals surface area contributed by atoms with Crippen LogP contribution in [0.25, 0.3) is 28.3 Å². The van der Waals surface area contributed by atoms with Crippen molar-refractivity contribution in [1.82, 2.24) is 28.7 Å². The third-order valence-electron chi connectivity index (χ3n) is 5.93. The monoisotopic (exact) mass is 458 g/mol. The first-order chi connectivity index (χ1) is 16.4. The van der Waals surface area contributed by atoms with Crippen LogP contribution in [0, 0.1) is 5.92 Å². The molecule has 3 aromatic heterocycles. The molecule has 0 atom stereocenters. The van der Waals surface area contributed by atoms with Gasteiger partial charge in [-0.15, -0.1) is 10.2 Å². The quantitative estimate of drug-likeness (QED) is 0.403. The second-order valence-electron chi connectivity index (χ2n) is 8.78. The number of aromatic nitrogens is 6. The average molecular weight is 459 g/mol. The molecule has 0 aliphatic heterocycles. The molecular weight excluding hydrogens is 432 g/mol. The Morgan fingerprint density at radius 2 is 1.74 bits per heavy atom. The number of hydrogen-bond acceptors (Lipinski definition) is 5. The predicted octanol–water partition coefficient (Wildman–Crippen LogP) is 3.36. The number of ether oxygens (including phenoxy) is 1. The van der Waals surface area contributed by atoms with Crippen molar-refractivity contribution in [3.05, 3.63) is 81.0 Å². The lowest BCUT2D eigenvalue weighted by Gasteiger charge is -2.07. The van der Waals surface area contributed by atoms with Crippen molar-refractivity contribution in [2.24, 2.45) is 13.0 Å². The van der Waals surface area contributed by atoms with E-state index in [2.05, 4.69) is 29.0 Å². The Hall–Kier alpha value is -4.14. The van der Waals surface area contributed by atoms with E-state index in [0.29, 0.717) is 41.8 Å². The Kier molecular flexibility index (Phi) is 5.53. The molecule has 174 valence electrons. The molecule has 0 radical (unpaired) electrons. The fraction of sp³-hybridized carbons (Fsp3) is 0.280. The maximum atomic E-state index is 12.8. The molecule has 0 saturated carbocycles. The van der Waals surface area contributed by atoms with Gasteiger partial charge >= 0.3 is 5.69 Å². The lowest BCUT2D eigenvalue weighted by Crippen LogP contribution is -2.29. The summed E-state index contributed by atoms with van der Waals surface area (Å²) in [6.07, 6.45) is 0.858. The van der Waals surface area contributed by atoms with Crippen molar-refractivity contribution in [2.45, 2.75) is 33.4 Å². The van der Waals surface area contributed by atoms with Crippen molar-refractivity contribution in [1.29, 1.82) is 0 Å². The molecule has 0 unspecified atom stereocenters. The van der Waals surface area contributed by atoms with E-state index in [4.69, 9.17) is 4.74 Å². The number of rotatable bonds is 7. The Bertz CT molecular complexity index is 1570. The second-order valence-corrected chi connectivity index (χ2v) is 8.78. The topological polar surface area (TPSA) is 99.2 Å². The number of nitrogens with zero attached hydrogens (tertiary/aromatic N) is 5. The lowest BCUT2D eigenvalue weighted by atomic mass is 10.1. The third-order valence-corrected chi connectivity index (χ3v) is 5.93. The van der Waals surface area contributed by atoms with Gasteiger partial charge in [0.05, 0.1) is 0 Å². The molecule has 34 heavy (non-hydrogen) atoms. The molecule has 2 aromatic carbocycles. The van der Waals surface area contributed by atoms with Gasteiger partial charge in [-0.1, -0.05) is 44.2 Å². The smallest absolute Gasteiger partial charge is 0.329 e. The molecule has 0 aliphatic carbocycles. The first-order valence-electron chi connectivity index (χ1n) is 11.3. The van der Waals surface area contributed by atoms with Gasteiger partial charge in [-0.3, -0.25) is 14.3 Å². The highest BCUT2D eigenvalue weighted by molar-refractivity contribution is 5.79. The number of H-pyrrole nitrogens is 1. The standard InChI is InChI=1S/C25H26N6O3/c1-16(2)13-14-30-20-22(32)26-25(33)29(3)23(20)31-21(27-28-24(30)31)18-9-11-19(12-10-18)34-15-17-7-5-4-6-8-17/h4-12,16H,13-15H2,1-3H3,(H,26,32,33). The van der Waals surface area contributed by atoms with Crippen molar-refractivity contribution in [2.75, 3.05) is 0 Å². The van der Waals surface area contributed by atoms with Crippen LogP contribution in [0.5, 0.6) is 5.75 Å². The molecule has 9 nitrogen and oxygen atoms in total. The van der Waals surface area contributed by atoms with E-state index >= 15 is 0 Å². The Morgan fingerprint density at radius 3 is 2.44 bits per heavy atom.